The highest BCUT2D eigenvalue weighted by Crippen LogP contribution is 2.46. The number of aromatic carboxylic acids is 1. The third-order valence-electron chi connectivity index (χ3n) is 11.2. The van der Waals surface area contributed by atoms with Gasteiger partial charge in [0.05, 0.1) is 24.5 Å². The molecule has 57 heavy (non-hydrogen) atoms. The van der Waals surface area contributed by atoms with Crippen molar-refractivity contribution in [1.29, 1.82) is 0 Å². The first-order valence-corrected chi connectivity index (χ1v) is 21.1. The fourth-order valence-corrected chi connectivity index (χ4v) is 9.26. The fourth-order valence-electron chi connectivity index (χ4n) is 7.89. The number of benzene rings is 1. The van der Waals surface area contributed by atoms with Gasteiger partial charge >= 0.3 is 12.1 Å². The number of hydrogen-bond donors (Lipinski definition) is 4. The van der Waals surface area contributed by atoms with Crippen molar-refractivity contribution >= 4 is 50.6 Å². The largest absolute Gasteiger partial charge is 0.497 e. The molecule has 3 heterocycles. The summed E-state index contributed by atoms with van der Waals surface area (Å²) < 4.78 is 45.3. The highest BCUT2D eigenvalue weighted by Gasteiger charge is 2.62. The molecule has 7 atom stereocenters. The van der Waals surface area contributed by atoms with Crippen molar-refractivity contribution in [2.75, 3.05) is 13.7 Å². The zero-order valence-corrected chi connectivity index (χ0v) is 34.0. The van der Waals surface area contributed by atoms with Gasteiger partial charge in [0.15, 0.2) is 0 Å². The number of ether oxygens (including phenoxy) is 3. The van der Waals surface area contributed by atoms with Crippen LogP contribution in [0.1, 0.15) is 96.3 Å². The van der Waals surface area contributed by atoms with Crippen molar-refractivity contribution in [3.05, 3.63) is 42.1 Å². The summed E-state index contributed by atoms with van der Waals surface area (Å²) in [6.07, 6.45) is 6.76. The molecule has 0 radical (unpaired) electrons. The Morgan fingerprint density at radius 1 is 1.11 bits per heavy atom. The van der Waals surface area contributed by atoms with Crippen molar-refractivity contribution in [2.24, 2.45) is 17.8 Å². The lowest BCUT2D eigenvalue weighted by molar-refractivity contribution is -0.142. The number of carbonyl (C=O) groups excluding carboxylic acids is 4. The number of amides is 4. The van der Waals surface area contributed by atoms with E-state index < -0.39 is 80.3 Å². The predicted octanol–water partition coefficient (Wildman–Crippen LogP) is 4.07. The molecule has 310 valence electrons. The number of aromatic nitrogens is 1. The molecule has 1 saturated heterocycles. The van der Waals surface area contributed by atoms with Crippen LogP contribution in [0.3, 0.4) is 0 Å². The number of pyridine rings is 1. The minimum atomic E-state index is -3.94. The summed E-state index contributed by atoms with van der Waals surface area (Å²) in [7, 11) is -2.49. The van der Waals surface area contributed by atoms with Crippen LogP contribution in [0.5, 0.6) is 11.6 Å². The van der Waals surface area contributed by atoms with E-state index in [1.165, 1.54) is 12.0 Å². The molecule has 6 rings (SSSR count). The maximum absolute atomic E-state index is 14.9. The van der Waals surface area contributed by atoms with Gasteiger partial charge in [-0.2, -0.15) is 0 Å². The second-order valence-electron chi connectivity index (χ2n) is 16.8. The van der Waals surface area contributed by atoms with Crippen LogP contribution in [-0.4, -0.2) is 101 Å². The Morgan fingerprint density at radius 2 is 1.84 bits per heavy atom. The highest BCUT2D eigenvalue weighted by atomic mass is 32.2. The normalized spacial score (nSPS) is 28.2. The van der Waals surface area contributed by atoms with E-state index in [2.05, 4.69) is 27.3 Å². The Hall–Kier alpha value is -4.93. The standard InChI is InChI=1S/C40H53N5O11S/c1-7-23-16-22(2)10-8-9-11-24-19-40(24,37(50)44-57(52,53)27-13-14-27)43-33(46)31-18-26(21-45(31)35(47)32(23)42-38(51)56-39(3,4)5)55-34-28-15-12-25(54-6)17-29(28)30(20-41-34)36(48)49/h9,11-12,15,17,20,22-24,26-27,31-32H,7-8,10,13-14,16,18-19,21H2,1-6H3,(H,42,51)(H,43,46)(H,44,50)(H,48,49)/t22-,23-,24-,26-,31+,32+,40-/m1/s1. The molecular formula is C40H53N5O11S. The Morgan fingerprint density at radius 3 is 2.49 bits per heavy atom. The van der Waals surface area contributed by atoms with Crippen molar-refractivity contribution in [3.63, 3.8) is 0 Å². The van der Waals surface area contributed by atoms with Gasteiger partial charge in [-0.3, -0.25) is 19.1 Å². The van der Waals surface area contributed by atoms with E-state index >= 15 is 0 Å². The number of allylic oxidation sites excluding steroid dienone is 1. The number of alkyl carbamates (subject to hydrolysis) is 1. The first kappa shape index (κ1) is 41.7. The number of sulfonamides is 1. The van der Waals surface area contributed by atoms with E-state index in [1.54, 1.807) is 39.0 Å². The molecule has 4 amide bonds. The number of carbonyl (C=O) groups is 5. The minimum absolute atomic E-state index is 0.0652. The van der Waals surface area contributed by atoms with Crippen molar-refractivity contribution in [1.82, 2.24) is 25.2 Å². The van der Waals surface area contributed by atoms with Crippen LogP contribution < -0.4 is 24.8 Å². The average molecular weight is 812 g/mol. The predicted molar refractivity (Wildman–Crippen MR) is 208 cm³/mol. The molecule has 4 aliphatic rings. The van der Waals surface area contributed by atoms with Crippen LogP contribution >= 0.6 is 0 Å². The third kappa shape index (κ3) is 9.29. The van der Waals surface area contributed by atoms with Gasteiger partial charge in [-0.15, -0.1) is 0 Å². The summed E-state index contributed by atoms with van der Waals surface area (Å²) in [6.45, 7) is 9.01. The molecule has 0 unspecified atom stereocenters. The number of nitrogens with one attached hydrogen (secondary N) is 3. The van der Waals surface area contributed by atoms with Crippen molar-refractivity contribution < 1.29 is 51.7 Å². The Kier molecular flexibility index (Phi) is 11.8. The van der Waals surface area contributed by atoms with Gasteiger partial charge in [-0.25, -0.2) is 23.0 Å². The lowest BCUT2D eigenvalue weighted by atomic mass is 9.85. The first-order chi connectivity index (χ1) is 26.9. The minimum Gasteiger partial charge on any atom is -0.497 e. The summed E-state index contributed by atoms with van der Waals surface area (Å²) in [5, 5.41) is 15.6. The number of methoxy groups -OCH3 is 1. The number of carboxylic acids is 1. The number of hydrogen-bond acceptors (Lipinski definition) is 11. The SMILES string of the molecule is CC[C@@H]1C[C@H](C)CCC=C[C@@H]2C[C@@]2(C(=O)NS(=O)(=O)C2CC2)NC(=O)[C@@H]2C[C@@H](Oc3ncc(C(=O)O)c4cc(OC)ccc34)CN2C(=O)[C@H]1NC(=O)OC(C)(C)C. The fraction of sp³-hybridized carbons (Fsp3) is 0.600. The summed E-state index contributed by atoms with van der Waals surface area (Å²) in [5.41, 5.74) is -2.51. The van der Waals surface area contributed by atoms with Gasteiger partial charge in [-0.1, -0.05) is 32.4 Å². The van der Waals surface area contributed by atoms with E-state index in [0.717, 1.165) is 12.6 Å². The van der Waals surface area contributed by atoms with Crippen LogP contribution in [0.4, 0.5) is 4.79 Å². The zero-order valence-electron chi connectivity index (χ0n) is 33.2. The molecule has 0 bridgehead atoms. The Labute approximate surface area is 332 Å². The van der Waals surface area contributed by atoms with Gasteiger partial charge < -0.3 is 34.9 Å². The van der Waals surface area contributed by atoms with Gasteiger partial charge in [0.25, 0.3) is 5.91 Å². The molecule has 4 N–H and O–H groups in total. The van der Waals surface area contributed by atoms with Crippen molar-refractivity contribution in [3.8, 4) is 11.6 Å². The van der Waals surface area contributed by atoms with Crippen molar-refractivity contribution in [2.45, 2.75) is 121 Å². The molecule has 1 aromatic heterocycles. The van der Waals surface area contributed by atoms with Gasteiger partial charge in [0.2, 0.25) is 27.7 Å². The number of fused-ring (bicyclic) bond motifs is 3. The molecule has 2 saturated carbocycles. The second kappa shape index (κ2) is 16.1. The topological polar surface area (TPSA) is 220 Å². The van der Waals surface area contributed by atoms with Gasteiger partial charge in [-0.05, 0) is 89.3 Å². The third-order valence-corrected chi connectivity index (χ3v) is 13.0. The molecule has 1 aromatic carbocycles. The molecule has 3 fully saturated rings. The molecule has 17 heteroatoms. The molecule has 2 aliphatic heterocycles. The van der Waals surface area contributed by atoms with Gasteiger partial charge in [0.1, 0.15) is 35.1 Å². The highest BCUT2D eigenvalue weighted by molar-refractivity contribution is 7.91. The summed E-state index contributed by atoms with van der Waals surface area (Å²) in [5.74, 6) is -3.52. The van der Waals surface area contributed by atoms with E-state index in [-0.39, 0.29) is 42.7 Å². The quantitative estimate of drug-likeness (QED) is 0.264. The summed E-state index contributed by atoms with van der Waals surface area (Å²) >= 11 is 0. The van der Waals surface area contributed by atoms with Gasteiger partial charge in [0, 0.05) is 29.3 Å². The monoisotopic (exact) mass is 811 g/mol. The molecule has 2 aromatic rings. The van der Waals surface area contributed by atoms with Crippen LogP contribution in [-0.2, 0) is 29.1 Å². The van der Waals surface area contributed by atoms with Crippen LogP contribution in [0.15, 0.2) is 36.5 Å². The molecular weight excluding hydrogens is 759 g/mol. The maximum atomic E-state index is 14.9. The summed E-state index contributed by atoms with van der Waals surface area (Å²) in [4.78, 5) is 74.3. The lowest BCUT2D eigenvalue weighted by Gasteiger charge is -2.34. The van der Waals surface area contributed by atoms with E-state index in [9.17, 15) is 37.5 Å². The molecule has 2 aliphatic carbocycles. The zero-order chi connectivity index (χ0) is 41.4. The number of nitrogens with zero attached hydrogens (tertiary/aromatic N) is 2. The number of rotatable bonds is 9. The number of carboxylic acid groups (broad SMARTS) is 1. The average Bonchev–Trinajstić information content (AvgIpc) is 4.07. The van der Waals surface area contributed by atoms with E-state index in [0.29, 0.717) is 48.6 Å². The lowest BCUT2D eigenvalue weighted by Crippen LogP contribution is -2.59. The Balaban J connectivity index is 1.38. The van der Waals surface area contributed by atoms with Crippen LogP contribution in [0.25, 0.3) is 10.8 Å². The second-order valence-corrected chi connectivity index (χ2v) is 18.7. The van der Waals surface area contributed by atoms with E-state index in [4.69, 9.17) is 14.2 Å². The summed E-state index contributed by atoms with van der Waals surface area (Å²) in [6, 6.07) is 2.48. The Bertz CT molecular complexity index is 2060. The molecule has 0 spiro atoms. The van der Waals surface area contributed by atoms with E-state index in [1.807, 2.05) is 19.1 Å². The first-order valence-electron chi connectivity index (χ1n) is 19.6. The maximum Gasteiger partial charge on any atom is 0.408 e. The van der Waals surface area contributed by atoms with Crippen LogP contribution in [0.2, 0.25) is 0 Å². The molecule has 16 nitrogen and oxygen atoms in total. The smallest absolute Gasteiger partial charge is 0.408 e. The van der Waals surface area contributed by atoms with Crippen LogP contribution in [0, 0.1) is 17.8 Å².